The Bertz CT molecular complexity index is 825. The molecule has 190 valence electrons. The monoisotopic (exact) mass is 480 g/mol. The van der Waals surface area contributed by atoms with E-state index in [-0.39, 0.29) is 6.61 Å². The van der Waals surface area contributed by atoms with E-state index in [1.807, 2.05) is 0 Å². The summed E-state index contributed by atoms with van der Waals surface area (Å²) in [6, 6.07) is 1.82. The lowest BCUT2D eigenvalue weighted by atomic mass is 10.0. The van der Waals surface area contributed by atoms with Crippen molar-refractivity contribution in [1.29, 1.82) is 0 Å². The third-order valence-electron chi connectivity index (χ3n) is 5.44. The minimum atomic E-state index is -1.06. The zero-order valence-electron chi connectivity index (χ0n) is 20.2. The number of nitrogens with zero attached hydrogens (tertiary/aromatic N) is 2. The van der Waals surface area contributed by atoms with Crippen molar-refractivity contribution in [2.45, 2.75) is 97.3 Å². The molecule has 0 bridgehead atoms. The van der Waals surface area contributed by atoms with Gasteiger partial charge >= 0.3 is 23.3 Å². The standard InChI is InChI=1S/C24H36N2O8/c1-3-4-5-6-7-8-9-10-11-12-13-14-15-18-33-24(28)20-16-17-21(25(29)30)22(26(31)32)23(20)34-19(2)27/h16-17H,3-15,18H2,1-2H3. The van der Waals surface area contributed by atoms with Gasteiger partial charge in [0.2, 0.25) is 5.75 Å². The number of nitro benzene ring substituents is 2. The smallest absolute Gasteiger partial charge is 0.389 e. The molecular weight excluding hydrogens is 444 g/mol. The molecule has 1 rings (SSSR count). The number of ether oxygens (including phenoxy) is 2. The van der Waals surface area contributed by atoms with Crippen LogP contribution in [-0.2, 0) is 9.53 Å². The van der Waals surface area contributed by atoms with E-state index in [1.54, 1.807) is 0 Å². The summed E-state index contributed by atoms with van der Waals surface area (Å²) >= 11 is 0. The Kier molecular flexibility index (Phi) is 14.1. The van der Waals surface area contributed by atoms with E-state index in [0.717, 1.165) is 38.3 Å². The first-order valence-corrected chi connectivity index (χ1v) is 12.1. The fourth-order valence-electron chi connectivity index (χ4n) is 3.65. The number of nitro groups is 2. The Morgan fingerprint density at radius 2 is 1.29 bits per heavy atom. The summed E-state index contributed by atoms with van der Waals surface area (Å²) in [7, 11) is 0. The number of hydrogen-bond acceptors (Lipinski definition) is 8. The molecule has 0 saturated carbocycles. The van der Waals surface area contributed by atoms with Gasteiger partial charge in [-0.2, -0.15) is 0 Å². The van der Waals surface area contributed by atoms with Gasteiger partial charge in [-0.3, -0.25) is 25.0 Å². The van der Waals surface area contributed by atoms with Crippen LogP contribution in [0.25, 0.3) is 0 Å². The third kappa shape index (κ3) is 10.7. The molecule has 0 aromatic heterocycles. The summed E-state index contributed by atoms with van der Waals surface area (Å²) < 4.78 is 9.95. The molecule has 0 spiro atoms. The Labute approximate surface area is 200 Å². The number of rotatable bonds is 18. The van der Waals surface area contributed by atoms with Gasteiger partial charge in [0.1, 0.15) is 5.56 Å². The van der Waals surface area contributed by atoms with Gasteiger partial charge in [-0.05, 0) is 12.5 Å². The quantitative estimate of drug-likeness (QED) is 0.0745. The predicted octanol–water partition coefficient (Wildman–Crippen LogP) is 6.68. The second-order valence-corrected chi connectivity index (χ2v) is 8.30. The molecule has 1 aromatic carbocycles. The summed E-state index contributed by atoms with van der Waals surface area (Å²) in [5.74, 6) is -2.66. The Morgan fingerprint density at radius 1 is 0.794 bits per heavy atom. The van der Waals surface area contributed by atoms with E-state index in [0.29, 0.717) is 6.42 Å². The molecule has 0 aliphatic carbocycles. The van der Waals surface area contributed by atoms with Gasteiger partial charge in [0, 0.05) is 13.0 Å². The Morgan fingerprint density at radius 3 is 1.74 bits per heavy atom. The molecule has 10 nitrogen and oxygen atoms in total. The summed E-state index contributed by atoms with van der Waals surface area (Å²) in [4.78, 5) is 44.2. The highest BCUT2D eigenvalue weighted by atomic mass is 16.6. The first-order valence-electron chi connectivity index (χ1n) is 12.1. The van der Waals surface area contributed by atoms with Gasteiger partial charge in [-0.1, -0.05) is 84.0 Å². The molecule has 0 aliphatic rings. The fraction of sp³-hybridized carbons (Fsp3) is 0.667. The largest absolute Gasteiger partial charge is 0.462 e. The van der Waals surface area contributed by atoms with Crippen molar-refractivity contribution in [3.05, 3.63) is 37.9 Å². The van der Waals surface area contributed by atoms with Crippen LogP contribution in [0.3, 0.4) is 0 Å². The summed E-state index contributed by atoms with van der Waals surface area (Å²) in [6.07, 6.45) is 15.2. The summed E-state index contributed by atoms with van der Waals surface area (Å²) in [5, 5.41) is 22.5. The van der Waals surface area contributed by atoms with Crippen molar-refractivity contribution < 1.29 is 28.9 Å². The number of carbonyl (C=O) groups is 2. The highest BCUT2D eigenvalue weighted by molar-refractivity contribution is 5.96. The van der Waals surface area contributed by atoms with Gasteiger partial charge in [-0.15, -0.1) is 0 Å². The molecule has 0 N–H and O–H groups in total. The van der Waals surface area contributed by atoms with E-state index in [2.05, 4.69) is 6.92 Å². The highest BCUT2D eigenvalue weighted by Crippen LogP contribution is 2.39. The van der Waals surface area contributed by atoms with Gasteiger partial charge < -0.3 is 9.47 Å². The Balaban J connectivity index is 2.41. The maximum absolute atomic E-state index is 12.4. The number of unbranched alkanes of at least 4 members (excludes halogenated alkanes) is 12. The average molecular weight is 481 g/mol. The zero-order valence-corrected chi connectivity index (χ0v) is 20.2. The lowest BCUT2D eigenvalue weighted by Crippen LogP contribution is -2.13. The van der Waals surface area contributed by atoms with Crippen LogP contribution in [0.2, 0.25) is 0 Å². The number of benzene rings is 1. The number of esters is 2. The minimum Gasteiger partial charge on any atom is -0.462 e. The lowest BCUT2D eigenvalue weighted by Gasteiger charge is -2.10. The van der Waals surface area contributed by atoms with Crippen LogP contribution in [-0.4, -0.2) is 28.4 Å². The van der Waals surface area contributed by atoms with Crippen molar-refractivity contribution >= 4 is 23.3 Å². The molecule has 0 heterocycles. The van der Waals surface area contributed by atoms with Crippen LogP contribution in [0.4, 0.5) is 11.4 Å². The van der Waals surface area contributed by atoms with Gasteiger partial charge in [0.05, 0.1) is 16.5 Å². The molecule has 0 saturated heterocycles. The van der Waals surface area contributed by atoms with Crippen molar-refractivity contribution in [3.63, 3.8) is 0 Å². The molecule has 10 heteroatoms. The summed E-state index contributed by atoms with van der Waals surface area (Å²) in [6.45, 7) is 3.30. The molecular formula is C24H36N2O8. The third-order valence-corrected chi connectivity index (χ3v) is 5.44. The van der Waals surface area contributed by atoms with Crippen LogP contribution in [0.1, 0.15) is 108 Å². The van der Waals surface area contributed by atoms with Gasteiger partial charge in [0.25, 0.3) is 0 Å². The van der Waals surface area contributed by atoms with E-state index < -0.39 is 44.5 Å². The van der Waals surface area contributed by atoms with Crippen molar-refractivity contribution in [2.24, 2.45) is 0 Å². The topological polar surface area (TPSA) is 139 Å². The predicted molar refractivity (Wildman–Crippen MR) is 127 cm³/mol. The van der Waals surface area contributed by atoms with E-state index >= 15 is 0 Å². The van der Waals surface area contributed by atoms with Crippen molar-refractivity contribution in [2.75, 3.05) is 6.61 Å². The van der Waals surface area contributed by atoms with Gasteiger partial charge in [0.15, 0.2) is 0 Å². The molecule has 0 fully saturated rings. The second kappa shape index (κ2) is 16.6. The Hall–Kier alpha value is -3.04. The van der Waals surface area contributed by atoms with Crippen LogP contribution in [0, 0.1) is 20.2 Å². The SMILES string of the molecule is CCCCCCCCCCCCCCCOC(=O)c1ccc([N+](=O)[O-])c([N+](=O)[O-])c1OC(C)=O. The van der Waals surface area contributed by atoms with Crippen molar-refractivity contribution in [3.8, 4) is 5.75 Å². The molecule has 0 amide bonds. The van der Waals surface area contributed by atoms with E-state index in [9.17, 15) is 29.8 Å². The normalized spacial score (nSPS) is 10.6. The molecule has 0 atom stereocenters. The maximum atomic E-state index is 12.4. The van der Waals surface area contributed by atoms with Crippen LogP contribution < -0.4 is 4.74 Å². The van der Waals surface area contributed by atoms with Crippen LogP contribution >= 0.6 is 0 Å². The summed E-state index contributed by atoms with van der Waals surface area (Å²) in [5.41, 5.74) is -2.34. The number of hydrogen-bond donors (Lipinski definition) is 0. The van der Waals surface area contributed by atoms with E-state index in [4.69, 9.17) is 9.47 Å². The van der Waals surface area contributed by atoms with Gasteiger partial charge in [-0.25, -0.2) is 4.79 Å². The zero-order chi connectivity index (χ0) is 25.3. The lowest BCUT2D eigenvalue weighted by molar-refractivity contribution is -0.423. The minimum absolute atomic E-state index is 0.0981. The number of carbonyl (C=O) groups excluding carboxylic acids is 2. The van der Waals surface area contributed by atoms with Crippen molar-refractivity contribution in [1.82, 2.24) is 0 Å². The molecule has 34 heavy (non-hydrogen) atoms. The molecule has 0 radical (unpaired) electrons. The van der Waals surface area contributed by atoms with Crippen LogP contribution in [0.5, 0.6) is 5.75 Å². The average Bonchev–Trinajstić information content (AvgIpc) is 2.78. The van der Waals surface area contributed by atoms with E-state index in [1.165, 1.54) is 57.8 Å². The highest BCUT2D eigenvalue weighted by Gasteiger charge is 2.35. The second-order valence-electron chi connectivity index (χ2n) is 8.30. The van der Waals surface area contributed by atoms with Crippen LogP contribution in [0.15, 0.2) is 12.1 Å². The molecule has 1 aromatic rings. The molecule has 0 aliphatic heterocycles. The fourth-order valence-corrected chi connectivity index (χ4v) is 3.65. The first kappa shape index (κ1) is 29.0. The first-order chi connectivity index (χ1) is 16.3. The maximum Gasteiger partial charge on any atom is 0.389 e. The molecule has 0 unspecified atom stereocenters.